The third-order valence-electron chi connectivity index (χ3n) is 3.82. The molecular weight excluding hydrogens is 369 g/mol. The maximum atomic E-state index is 13.7. The van der Waals surface area contributed by atoms with E-state index in [0.717, 1.165) is 0 Å². The van der Waals surface area contributed by atoms with Gasteiger partial charge in [0.1, 0.15) is 23.9 Å². The van der Waals surface area contributed by atoms with Crippen molar-refractivity contribution in [3.63, 3.8) is 0 Å². The summed E-state index contributed by atoms with van der Waals surface area (Å²) in [6, 6.07) is 12.9. The number of nitro groups is 1. The third-order valence-corrected chi connectivity index (χ3v) is 3.82. The Labute approximate surface area is 157 Å². The Morgan fingerprint density at radius 2 is 1.75 bits per heavy atom. The number of H-pyrrole nitrogens is 2. The van der Waals surface area contributed by atoms with Crippen LogP contribution in [-0.4, -0.2) is 14.9 Å². The van der Waals surface area contributed by atoms with Crippen molar-refractivity contribution in [2.45, 2.75) is 6.61 Å². The fourth-order valence-electron chi connectivity index (χ4n) is 2.49. The van der Waals surface area contributed by atoms with Crippen molar-refractivity contribution in [3.05, 3.63) is 102 Å². The maximum absolute atomic E-state index is 13.7. The lowest BCUT2D eigenvalue weighted by Crippen LogP contribution is -2.25. The van der Waals surface area contributed by atoms with Gasteiger partial charge in [-0.25, -0.2) is 9.18 Å². The van der Waals surface area contributed by atoms with Gasteiger partial charge in [-0.1, -0.05) is 36.4 Å². The van der Waals surface area contributed by atoms with Crippen molar-refractivity contribution in [1.29, 1.82) is 0 Å². The smallest absolute Gasteiger partial charge is 0.357 e. The zero-order valence-electron chi connectivity index (χ0n) is 14.3. The van der Waals surface area contributed by atoms with Crippen molar-refractivity contribution in [2.75, 3.05) is 0 Å². The van der Waals surface area contributed by atoms with Crippen LogP contribution in [0.2, 0.25) is 0 Å². The van der Waals surface area contributed by atoms with Crippen molar-refractivity contribution in [3.8, 4) is 5.75 Å². The molecule has 8 nitrogen and oxygen atoms in total. The van der Waals surface area contributed by atoms with Crippen molar-refractivity contribution >= 4 is 17.8 Å². The first-order valence-electron chi connectivity index (χ1n) is 8.10. The van der Waals surface area contributed by atoms with Gasteiger partial charge >= 0.3 is 16.9 Å². The summed E-state index contributed by atoms with van der Waals surface area (Å²) >= 11 is 0. The van der Waals surface area contributed by atoms with Crippen LogP contribution < -0.4 is 16.0 Å². The fourth-order valence-corrected chi connectivity index (χ4v) is 2.49. The largest absolute Gasteiger partial charge is 0.488 e. The van der Waals surface area contributed by atoms with Gasteiger partial charge < -0.3 is 9.72 Å². The fraction of sp³-hybridized carbons (Fsp3) is 0.0526. The van der Waals surface area contributed by atoms with Crippen LogP contribution in [0.1, 0.15) is 16.8 Å². The minimum absolute atomic E-state index is 0.0144. The number of aromatic amines is 2. The summed E-state index contributed by atoms with van der Waals surface area (Å²) in [5.74, 6) is 0.00378. The van der Waals surface area contributed by atoms with E-state index in [1.165, 1.54) is 18.2 Å². The molecule has 2 aromatic carbocycles. The quantitative estimate of drug-likeness (QED) is 0.501. The molecule has 0 saturated carbocycles. The first kappa shape index (κ1) is 18.8. The highest BCUT2D eigenvalue weighted by molar-refractivity contribution is 5.74. The van der Waals surface area contributed by atoms with Crippen molar-refractivity contribution in [2.24, 2.45) is 0 Å². The molecule has 28 heavy (non-hydrogen) atoms. The van der Waals surface area contributed by atoms with Gasteiger partial charge in [-0.15, -0.1) is 0 Å². The van der Waals surface area contributed by atoms with Crippen LogP contribution in [0.5, 0.6) is 5.75 Å². The molecule has 0 unspecified atom stereocenters. The van der Waals surface area contributed by atoms with Gasteiger partial charge in [-0.05, 0) is 24.3 Å². The first-order valence-corrected chi connectivity index (χ1v) is 8.10. The molecule has 0 fully saturated rings. The monoisotopic (exact) mass is 383 g/mol. The third kappa shape index (κ3) is 4.21. The lowest BCUT2D eigenvalue weighted by molar-refractivity contribution is -0.386. The molecule has 1 aromatic heterocycles. The average molecular weight is 383 g/mol. The van der Waals surface area contributed by atoms with E-state index >= 15 is 0 Å². The molecule has 0 spiro atoms. The SMILES string of the molecule is O=c1[nH]c(C=Cc2ccccc2OCc2ccccc2F)c([N+](=O)[O-])c(=O)[nH]1. The summed E-state index contributed by atoms with van der Waals surface area (Å²) in [5, 5.41) is 11.1. The van der Waals surface area contributed by atoms with Gasteiger partial charge in [0.25, 0.3) is 0 Å². The molecule has 2 N–H and O–H groups in total. The number of hydrogen-bond acceptors (Lipinski definition) is 5. The molecule has 3 aromatic rings. The zero-order valence-corrected chi connectivity index (χ0v) is 14.3. The van der Waals surface area contributed by atoms with Crippen LogP contribution >= 0.6 is 0 Å². The normalized spacial score (nSPS) is 10.9. The number of benzene rings is 2. The number of nitrogens with zero attached hydrogens (tertiary/aromatic N) is 1. The molecule has 142 valence electrons. The van der Waals surface area contributed by atoms with E-state index in [2.05, 4.69) is 4.98 Å². The molecule has 0 atom stereocenters. The van der Waals surface area contributed by atoms with Crippen LogP contribution in [0.4, 0.5) is 10.1 Å². The van der Waals surface area contributed by atoms with Gasteiger partial charge in [0.15, 0.2) is 0 Å². The Bertz CT molecular complexity index is 1170. The van der Waals surface area contributed by atoms with Gasteiger partial charge in [0.05, 0.1) is 4.92 Å². The summed E-state index contributed by atoms with van der Waals surface area (Å²) in [7, 11) is 0. The number of rotatable bonds is 6. The molecule has 0 radical (unpaired) electrons. The standard InChI is InChI=1S/C19H14FN3O5/c20-14-7-3-1-6-13(14)11-28-16-8-4-2-5-12(16)9-10-15-17(23(26)27)18(24)22-19(25)21-15/h1-10H,11H2,(H2,21,22,24,25). The van der Waals surface area contributed by atoms with Crippen molar-refractivity contribution in [1.82, 2.24) is 9.97 Å². The molecule has 0 bridgehead atoms. The molecule has 0 amide bonds. The van der Waals surface area contributed by atoms with E-state index < -0.39 is 27.7 Å². The average Bonchev–Trinajstić information content (AvgIpc) is 2.65. The van der Waals surface area contributed by atoms with Crippen LogP contribution in [0.15, 0.2) is 58.1 Å². The summed E-state index contributed by atoms with van der Waals surface area (Å²) in [6.45, 7) is -0.0144. The molecule has 9 heteroatoms. The summed E-state index contributed by atoms with van der Waals surface area (Å²) in [5.41, 5.74) is -2.09. The molecule has 0 aliphatic carbocycles. The van der Waals surface area contributed by atoms with Gasteiger partial charge in [-0.3, -0.25) is 19.9 Å². The highest BCUT2D eigenvalue weighted by atomic mass is 19.1. The number of nitrogens with one attached hydrogen (secondary N) is 2. The lowest BCUT2D eigenvalue weighted by Gasteiger charge is -2.09. The molecular formula is C19H14FN3O5. The van der Waals surface area contributed by atoms with Gasteiger partial charge in [0.2, 0.25) is 0 Å². The topological polar surface area (TPSA) is 118 Å². The number of para-hydroxylation sites is 1. The van der Waals surface area contributed by atoms with Crippen LogP contribution in [0, 0.1) is 15.9 Å². The van der Waals surface area contributed by atoms with E-state index in [4.69, 9.17) is 4.74 Å². The van der Waals surface area contributed by atoms with Gasteiger partial charge in [0, 0.05) is 11.1 Å². The second-order valence-electron chi connectivity index (χ2n) is 5.68. The van der Waals surface area contributed by atoms with E-state index in [0.29, 0.717) is 16.9 Å². The first-order chi connectivity index (χ1) is 13.5. The predicted molar refractivity (Wildman–Crippen MR) is 100 cm³/mol. The summed E-state index contributed by atoms with van der Waals surface area (Å²) in [4.78, 5) is 37.3. The molecule has 3 rings (SSSR count). The Balaban J connectivity index is 1.90. The Hall–Kier alpha value is -4.01. The Morgan fingerprint density at radius 3 is 2.50 bits per heavy atom. The molecule has 0 saturated heterocycles. The highest BCUT2D eigenvalue weighted by Gasteiger charge is 2.18. The van der Waals surface area contributed by atoms with E-state index in [-0.39, 0.29) is 12.3 Å². The van der Waals surface area contributed by atoms with Gasteiger partial charge in [-0.2, -0.15) is 0 Å². The Kier molecular flexibility index (Phi) is 5.45. The maximum Gasteiger partial charge on any atom is 0.357 e. The zero-order chi connectivity index (χ0) is 20.1. The number of hydrogen-bond donors (Lipinski definition) is 2. The second-order valence-corrected chi connectivity index (χ2v) is 5.68. The minimum Gasteiger partial charge on any atom is -0.488 e. The second kappa shape index (κ2) is 8.12. The van der Waals surface area contributed by atoms with Crippen LogP contribution in [0.25, 0.3) is 12.2 Å². The predicted octanol–water partition coefficient (Wildman–Crippen LogP) is 2.86. The molecule has 0 aliphatic rings. The number of halogens is 1. The molecule has 1 heterocycles. The van der Waals surface area contributed by atoms with E-state index in [1.54, 1.807) is 42.5 Å². The van der Waals surface area contributed by atoms with Crippen LogP contribution in [0.3, 0.4) is 0 Å². The number of ether oxygens (including phenoxy) is 1. The van der Waals surface area contributed by atoms with E-state index in [9.17, 15) is 24.1 Å². The highest BCUT2D eigenvalue weighted by Crippen LogP contribution is 2.23. The van der Waals surface area contributed by atoms with Crippen LogP contribution in [-0.2, 0) is 6.61 Å². The molecule has 0 aliphatic heterocycles. The Morgan fingerprint density at radius 1 is 1.04 bits per heavy atom. The summed E-state index contributed by atoms with van der Waals surface area (Å²) in [6.07, 6.45) is 2.69. The van der Waals surface area contributed by atoms with Crippen molar-refractivity contribution < 1.29 is 14.1 Å². The lowest BCUT2D eigenvalue weighted by atomic mass is 10.1. The number of aromatic nitrogens is 2. The summed E-state index contributed by atoms with van der Waals surface area (Å²) < 4.78 is 19.4. The van der Waals surface area contributed by atoms with E-state index in [1.807, 2.05) is 4.98 Å². The minimum atomic E-state index is -1.10.